The van der Waals surface area contributed by atoms with Crippen LogP contribution in [0.2, 0.25) is 0 Å². The molecule has 0 saturated heterocycles. The molecule has 1 atom stereocenters. The number of benzene rings is 1. The molecule has 3 heterocycles. The van der Waals surface area contributed by atoms with Crippen LogP contribution in [-0.4, -0.2) is 19.7 Å². The fraction of sp³-hybridized carbons (Fsp3) is 0.261. The third-order valence-electron chi connectivity index (χ3n) is 5.83. The molecule has 1 aliphatic rings. The summed E-state index contributed by atoms with van der Waals surface area (Å²) in [6, 6.07) is 16.3. The Morgan fingerprint density at radius 2 is 1.77 bits per heavy atom. The second kappa shape index (κ2) is 7.57. The van der Waals surface area contributed by atoms with E-state index in [2.05, 4.69) is 10.1 Å². The first-order valence-corrected chi connectivity index (χ1v) is 10.1. The van der Waals surface area contributed by atoms with Crippen molar-refractivity contribution in [1.82, 2.24) is 19.7 Å². The van der Waals surface area contributed by atoms with Crippen LogP contribution in [0, 0.1) is 5.92 Å². The van der Waals surface area contributed by atoms with Gasteiger partial charge in [0.1, 0.15) is 5.69 Å². The van der Waals surface area contributed by atoms with Gasteiger partial charge in [0.2, 0.25) is 0 Å². The number of aromatic nitrogens is 4. The van der Waals surface area contributed by atoms with Crippen LogP contribution in [0.4, 0.5) is 8.78 Å². The first-order chi connectivity index (χ1) is 14.6. The summed E-state index contributed by atoms with van der Waals surface area (Å²) in [5.41, 5.74) is 9.56. The average molecular weight is 405 g/mol. The number of hydrogen-bond donors (Lipinski definition) is 1. The maximum absolute atomic E-state index is 13.1. The highest BCUT2D eigenvalue weighted by Crippen LogP contribution is 2.36. The van der Waals surface area contributed by atoms with E-state index < -0.39 is 6.43 Å². The second-order valence-corrected chi connectivity index (χ2v) is 7.72. The molecule has 0 spiro atoms. The second-order valence-electron chi connectivity index (χ2n) is 7.72. The maximum atomic E-state index is 13.1. The van der Waals surface area contributed by atoms with Gasteiger partial charge in [0.15, 0.2) is 5.82 Å². The van der Waals surface area contributed by atoms with Crippen LogP contribution in [-0.2, 0) is 0 Å². The highest BCUT2D eigenvalue weighted by molar-refractivity contribution is 5.84. The van der Waals surface area contributed by atoms with E-state index in [0.717, 1.165) is 40.7 Å². The molecule has 0 unspecified atom stereocenters. The first-order valence-electron chi connectivity index (χ1n) is 10.1. The molecule has 1 aromatic carbocycles. The van der Waals surface area contributed by atoms with Crippen molar-refractivity contribution in [2.24, 2.45) is 11.7 Å². The Morgan fingerprint density at radius 1 is 0.967 bits per heavy atom. The van der Waals surface area contributed by atoms with Gasteiger partial charge in [0.25, 0.3) is 6.43 Å². The number of nitrogens with two attached hydrogens (primary N) is 1. The smallest absolute Gasteiger partial charge is 0.280 e. The van der Waals surface area contributed by atoms with E-state index in [4.69, 9.17) is 10.7 Å². The molecule has 0 radical (unpaired) electrons. The van der Waals surface area contributed by atoms with E-state index >= 15 is 0 Å². The quantitative estimate of drug-likeness (QED) is 0.494. The lowest BCUT2D eigenvalue weighted by atomic mass is 9.79. The largest absolute Gasteiger partial charge is 0.322 e. The van der Waals surface area contributed by atoms with Crippen LogP contribution >= 0.6 is 0 Å². The summed E-state index contributed by atoms with van der Waals surface area (Å²) in [4.78, 5) is 8.87. The molecule has 0 amide bonds. The van der Waals surface area contributed by atoms with Crippen LogP contribution in [0.5, 0.6) is 0 Å². The standard InChI is InChI=1S/C23H21F2N5/c24-23(25)19-8-3-9-21(29-19)30-20-12-15(10-11-16(20)13-27-30)17-6-2-7-18(28-17)22(26)14-4-1-5-14/h2-3,6-14,22-23H,1,4-5,26H2/t22-/m0/s1. The number of halogens is 2. The Morgan fingerprint density at radius 3 is 2.53 bits per heavy atom. The van der Waals surface area contributed by atoms with Gasteiger partial charge < -0.3 is 5.73 Å². The van der Waals surface area contributed by atoms with Gasteiger partial charge in [0, 0.05) is 17.0 Å². The van der Waals surface area contributed by atoms with Crippen molar-refractivity contribution in [1.29, 1.82) is 0 Å². The zero-order valence-corrected chi connectivity index (χ0v) is 16.2. The van der Waals surface area contributed by atoms with Gasteiger partial charge in [-0.2, -0.15) is 5.10 Å². The zero-order chi connectivity index (χ0) is 20.7. The Kier molecular flexibility index (Phi) is 4.75. The molecule has 2 N–H and O–H groups in total. The van der Waals surface area contributed by atoms with Crippen molar-refractivity contribution < 1.29 is 8.78 Å². The predicted molar refractivity (Wildman–Crippen MR) is 111 cm³/mol. The Labute approximate surface area is 172 Å². The van der Waals surface area contributed by atoms with Crippen LogP contribution in [0.25, 0.3) is 28.0 Å². The molecule has 152 valence electrons. The molecule has 0 bridgehead atoms. The van der Waals surface area contributed by atoms with Crippen molar-refractivity contribution in [3.63, 3.8) is 0 Å². The zero-order valence-electron chi connectivity index (χ0n) is 16.2. The summed E-state index contributed by atoms with van der Waals surface area (Å²) < 4.78 is 27.7. The van der Waals surface area contributed by atoms with Crippen LogP contribution < -0.4 is 5.73 Å². The van der Waals surface area contributed by atoms with Crippen molar-refractivity contribution in [3.8, 4) is 17.1 Å². The topological polar surface area (TPSA) is 69.6 Å². The van der Waals surface area contributed by atoms with Crippen LogP contribution in [0.15, 0.2) is 60.8 Å². The lowest BCUT2D eigenvalue weighted by Crippen LogP contribution is -2.27. The minimum absolute atomic E-state index is 0.0470. The van der Waals surface area contributed by atoms with E-state index in [1.807, 2.05) is 36.4 Å². The highest BCUT2D eigenvalue weighted by atomic mass is 19.3. The lowest BCUT2D eigenvalue weighted by Gasteiger charge is -2.30. The molecule has 0 aliphatic heterocycles. The molecule has 3 aromatic heterocycles. The number of rotatable bonds is 5. The summed E-state index contributed by atoms with van der Waals surface area (Å²) in [6.45, 7) is 0. The van der Waals surface area contributed by atoms with Crippen molar-refractivity contribution >= 4 is 10.9 Å². The van der Waals surface area contributed by atoms with Crippen LogP contribution in [0.1, 0.15) is 43.1 Å². The maximum Gasteiger partial charge on any atom is 0.280 e. The van der Waals surface area contributed by atoms with E-state index in [1.54, 1.807) is 23.0 Å². The van der Waals surface area contributed by atoms with Crippen molar-refractivity contribution in [2.75, 3.05) is 0 Å². The third kappa shape index (κ3) is 3.35. The molecule has 7 heteroatoms. The third-order valence-corrected chi connectivity index (χ3v) is 5.83. The van der Waals surface area contributed by atoms with Gasteiger partial charge >= 0.3 is 0 Å². The van der Waals surface area contributed by atoms with Gasteiger partial charge in [-0.25, -0.2) is 18.4 Å². The fourth-order valence-corrected chi connectivity index (χ4v) is 3.88. The van der Waals surface area contributed by atoms with E-state index in [0.29, 0.717) is 11.7 Å². The van der Waals surface area contributed by atoms with Gasteiger partial charge in [-0.15, -0.1) is 0 Å². The number of pyridine rings is 2. The summed E-state index contributed by atoms with van der Waals surface area (Å²) in [5.74, 6) is 0.860. The van der Waals surface area contributed by atoms with Gasteiger partial charge in [-0.3, -0.25) is 4.98 Å². The monoisotopic (exact) mass is 405 g/mol. The molecule has 5 rings (SSSR count). The summed E-state index contributed by atoms with van der Waals surface area (Å²) >= 11 is 0. The predicted octanol–water partition coefficient (Wildman–Crippen LogP) is 5.22. The van der Waals surface area contributed by atoms with Gasteiger partial charge in [-0.05, 0) is 49.1 Å². The molecular weight excluding hydrogens is 384 g/mol. The molecule has 5 nitrogen and oxygen atoms in total. The average Bonchev–Trinajstić information content (AvgIpc) is 3.16. The summed E-state index contributed by atoms with van der Waals surface area (Å²) in [6.07, 6.45) is 2.62. The Hall–Kier alpha value is -3.19. The molecule has 4 aromatic rings. The minimum Gasteiger partial charge on any atom is -0.322 e. The molecule has 1 aliphatic carbocycles. The van der Waals surface area contributed by atoms with E-state index in [9.17, 15) is 8.78 Å². The number of fused-ring (bicyclic) bond motifs is 1. The number of hydrogen-bond acceptors (Lipinski definition) is 4. The highest BCUT2D eigenvalue weighted by Gasteiger charge is 2.26. The first kappa shape index (κ1) is 18.8. The van der Waals surface area contributed by atoms with Gasteiger partial charge in [-0.1, -0.05) is 30.7 Å². The van der Waals surface area contributed by atoms with E-state index in [1.165, 1.54) is 12.5 Å². The molecule has 1 fully saturated rings. The molecular formula is C23H21F2N5. The van der Waals surface area contributed by atoms with E-state index in [-0.39, 0.29) is 11.7 Å². The number of alkyl halides is 2. The Bertz CT molecular complexity index is 1200. The Balaban J connectivity index is 1.54. The van der Waals surface area contributed by atoms with Crippen molar-refractivity contribution in [3.05, 3.63) is 72.2 Å². The van der Waals surface area contributed by atoms with Crippen LogP contribution in [0.3, 0.4) is 0 Å². The summed E-state index contributed by atoms with van der Waals surface area (Å²) in [5, 5.41) is 5.25. The SMILES string of the molecule is N[C@H](c1cccc(-c2ccc3cnn(-c4cccc(C(F)F)n4)c3c2)n1)C1CCC1. The lowest BCUT2D eigenvalue weighted by molar-refractivity contribution is 0.146. The van der Waals surface area contributed by atoms with Crippen molar-refractivity contribution in [2.45, 2.75) is 31.7 Å². The molecule has 30 heavy (non-hydrogen) atoms. The number of nitrogens with zero attached hydrogens (tertiary/aromatic N) is 4. The minimum atomic E-state index is -2.63. The fourth-order valence-electron chi connectivity index (χ4n) is 3.88. The summed E-state index contributed by atoms with van der Waals surface area (Å²) in [7, 11) is 0. The normalized spacial score (nSPS) is 15.5. The van der Waals surface area contributed by atoms with Gasteiger partial charge in [0.05, 0.1) is 23.1 Å². The molecule has 1 saturated carbocycles.